The van der Waals surface area contributed by atoms with Crippen LogP contribution >= 0.6 is 31.9 Å². The van der Waals surface area contributed by atoms with Crippen LogP contribution in [0.2, 0.25) is 0 Å². The van der Waals surface area contributed by atoms with Crippen molar-refractivity contribution in [2.24, 2.45) is 0 Å². The molecular weight excluding hydrogens is 1170 g/mol. The minimum atomic E-state index is -3.89. The van der Waals surface area contributed by atoms with Gasteiger partial charge in [0, 0.05) is 8.95 Å². The Morgan fingerprint density at radius 2 is 0.364 bits per heavy atom. The quantitative estimate of drug-likeness (QED) is 0.0802. The molecular formula is C60H40Br2O12S3. The highest BCUT2D eigenvalue weighted by Crippen LogP contribution is 2.35. The van der Waals surface area contributed by atoms with E-state index in [1.54, 1.807) is 133 Å². The molecule has 0 aliphatic carbocycles. The Morgan fingerprint density at radius 1 is 0.208 bits per heavy atom. The molecule has 0 saturated carbocycles. The molecule has 0 N–H and O–H groups in total. The van der Waals surface area contributed by atoms with Crippen LogP contribution in [-0.2, 0) is 29.5 Å². The summed E-state index contributed by atoms with van der Waals surface area (Å²) in [7, 11) is -11.5. The number of hydrogen-bond acceptors (Lipinski definition) is 12. The summed E-state index contributed by atoms with van der Waals surface area (Å²) >= 11 is 6.82. The Hall–Kier alpha value is -8.19. The second-order valence-corrected chi connectivity index (χ2v) is 24.5. The number of ether oxygens (including phenoxy) is 6. The van der Waals surface area contributed by atoms with Crippen molar-refractivity contribution in [3.8, 4) is 69.0 Å². The average Bonchev–Trinajstić information content (AvgIpc) is 3.43. The zero-order chi connectivity index (χ0) is 53.6. The Bertz CT molecular complexity index is 3770. The lowest BCUT2D eigenvalue weighted by atomic mass is 10.3. The summed E-state index contributed by atoms with van der Waals surface area (Å²) in [6, 6.07) is 65.0. The smallest absolute Gasteiger partial charge is 0.206 e. The molecule has 0 heterocycles. The molecule has 10 aromatic carbocycles. The van der Waals surface area contributed by atoms with Gasteiger partial charge >= 0.3 is 0 Å². The first-order chi connectivity index (χ1) is 37.1. The zero-order valence-corrected chi connectivity index (χ0v) is 45.6. The van der Waals surface area contributed by atoms with Crippen LogP contribution in [-0.4, -0.2) is 25.3 Å². The molecule has 0 fully saturated rings. The third kappa shape index (κ3) is 12.7. The lowest BCUT2D eigenvalue weighted by Gasteiger charge is -2.11. The molecule has 10 aromatic rings. The average molecular weight is 1210 g/mol. The number of hydrogen-bond donors (Lipinski definition) is 0. The van der Waals surface area contributed by atoms with Crippen molar-refractivity contribution in [1.82, 2.24) is 0 Å². The third-order valence-corrected chi connectivity index (χ3v) is 17.8. The van der Waals surface area contributed by atoms with Crippen molar-refractivity contribution in [2.75, 3.05) is 0 Å². The van der Waals surface area contributed by atoms with Crippen LogP contribution in [0.25, 0.3) is 0 Å². The van der Waals surface area contributed by atoms with Crippen LogP contribution in [0, 0.1) is 0 Å². The van der Waals surface area contributed by atoms with Gasteiger partial charge in [-0.05, 0) is 231 Å². The number of halogens is 2. The van der Waals surface area contributed by atoms with E-state index in [-0.39, 0.29) is 29.4 Å². The van der Waals surface area contributed by atoms with Gasteiger partial charge in [-0.15, -0.1) is 0 Å². The lowest BCUT2D eigenvalue weighted by Crippen LogP contribution is -2.02. The van der Waals surface area contributed by atoms with Crippen LogP contribution in [0.15, 0.2) is 281 Å². The van der Waals surface area contributed by atoms with Gasteiger partial charge in [0.15, 0.2) is 0 Å². The number of benzene rings is 10. The predicted molar refractivity (Wildman–Crippen MR) is 297 cm³/mol. The van der Waals surface area contributed by atoms with Crippen molar-refractivity contribution < 1.29 is 53.7 Å². The van der Waals surface area contributed by atoms with Gasteiger partial charge in [0.1, 0.15) is 69.0 Å². The Balaban J connectivity index is 0.685. The molecule has 0 amide bonds. The van der Waals surface area contributed by atoms with Crippen LogP contribution in [0.1, 0.15) is 0 Å². The van der Waals surface area contributed by atoms with Gasteiger partial charge in [-0.1, -0.05) is 44.0 Å². The van der Waals surface area contributed by atoms with Crippen LogP contribution < -0.4 is 28.4 Å². The zero-order valence-electron chi connectivity index (χ0n) is 40.0. The number of rotatable bonds is 18. The first-order valence-corrected chi connectivity index (χ1v) is 29.3. The molecule has 12 nitrogen and oxygen atoms in total. The summed E-state index contributed by atoms with van der Waals surface area (Å²) in [6.07, 6.45) is 0. The fourth-order valence-corrected chi connectivity index (χ4v) is 12.1. The molecule has 384 valence electrons. The lowest BCUT2D eigenvalue weighted by molar-refractivity contribution is 0.468. The molecule has 0 radical (unpaired) electrons. The van der Waals surface area contributed by atoms with E-state index >= 15 is 0 Å². The van der Waals surface area contributed by atoms with Gasteiger partial charge in [0.25, 0.3) is 0 Å². The maximum absolute atomic E-state index is 13.6. The minimum absolute atomic E-state index is 0.0711. The second-order valence-electron chi connectivity index (χ2n) is 16.8. The van der Waals surface area contributed by atoms with Gasteiger partial charge in [-0.25, -0.2) is 25.3 Å². The van der Waals surface area contributed by atoms with E-state index in [0.29, 0.717) is 69.0 Å². The van der Waals surface area contributed by atoms with E-state index in [4.69, 9.17) is 28.4 Å². The van der Waals surface area contributed by atoms with E-state index in [9.17, 15) is 25.3 Å². The highest BCUT2D eigenvalue weighted by molar-refractivity contribution is 9.10. The van der Waals surface area contributed by atoms with E-state index < -0.39 is 29.5 Å². The largest absolute Gasteiger partial charge is 0.457 e. The predicted octanol–water partition coefficient (Wildman–Crippen LogP) is 16.5. The first-order valence-electron chi connectivity index (χ1n) is 23.3. The summed E-state index contributed by atoms with van der Waals surface area (Å²) < 4.78 is 118. The normalized spacial score (nSPS) is 11.6. The van der Waals surface area contributed by atoms with E-state index in [1.165, 1.54) is 72.8 Å². The highest BCUT2D eigenvalue weighted by Gasteiger charge is 2.21. The van der Waals surface area contributed by atoms with Crippen molar-refractivity contribution in [3.63, 3.8) is 0 Å². The van der Waals surface area contributed by atoms with Gasteiger partial charge in [0.2, 0.25) is 29.5 Å². The molecule has 0 spiro atoms. The maximum Gasteiger partial charge on any atom is 0.206 e. The van der Waals surface area contributed by atoms with Gasteiger partial charge in [-0.3, -0.25) is 0 Å². The summed E-state index contributed by atoms with van der Waals surface area (Å²) in [6.45, 7) is 0. The second kappa shape index (κ2) is 22.6. The SMILES string of the molecule is O=S(=O)(c1ccc(Oc2ccc(Oc3ccc(S(=O)(=O)c4ccc(Oc5cccc(Br)c5)cc4)cc3)cc2)cc1)c1ccc(Oc2ccc(Oc3ccc(S(=O)(=O)c4ccc(Oc5cccc(Br)c5)cc4)cc3)cc2)cc1. The Kier molecular flexibility index (Phi) is 15.3. The molecule has 17 heteroatoms. The van der Waals surface area contributed by atoms with Crippen molar-refractivity contribution in [3.05, 3.63) is 252 Å². The molecule has 0 bridgehead atoms. The molecule has 0 saturated heterocycles. The first kappa shape index (κ1) is 52.3. The molecule has 10 rings (SSSR count). The van der Waals surface area contributed by atoms with Gasteiger partial charge in [-0.2, -0.15) is 0 Å². The standard InChI is InChI=1S/C60H40Br2O12S3/c61-41-3-1-5-53(39-41)73-51-23-35-59(36-24-51)76(65,66)57-31-19-49(20-32-57)71-45-11-7-43(8-12-45)69-47-15-27-55(28-16-47)75(63,64)56-29-17-48(18-30-56)70-44-9-13-46(14-10-44)72-50-21-33-58(34-22-50)77(67,68)60-37-25-52(26-38-60)74-54-6-2-4-42(62)40-54/h1-40H. The molecule has 0 aliphatic rings. The Labute approximate surface area is 461 Å². The van der Waals surface area contributed by atoms with Crippen LogP contribution in [0.4, 0.5) is 0 Å². The molecule has 0 unspecified atom stereocenters. The highest BCUT2D eigenvalue weighted by atomic mass is 79.9. The summed E-state index contributed by atoms with van der Waals surface area (Å²) in [5.74, 6) is 5.82. The summed E-state index contributed by atoms with van der Waals surface area (Å²) in [4.78, 5) is 0.597. The third-order valence-electron chi connectivity index (χ3n) is 11.5. The van der Waals surface area contributed by atoms with E-state index in [2.05, 4.69) is 31.9 Å². The maximum atomic E-state index is 13.6. The molecule has 0 atom stereocenters. The molecule has 77 heavy (non-hydrogen) atoms. The van der Waals surface area contributed by atoms with Gasteiger partial charge in [0.05, 0.1) is 29.4 Å². The van der Waals surface area contributed by atoms with Crippen molar-refractivity contribution in [1.29, 1.82) is 0 Å². The van der Waals surface area contributed by atoms with E-state index in [1.807, 2.05) is 36.4 Å². The van der Waals surface area contributed by atoms with E-state index in [0.717, 1.165) is 8.95 Å². The molecule has 0 aromatic heterocycles. The van der Waals surface area contributed by atoms with Crippen LogP contribution in [0.3, 0.4) is 0 Å². The fraction of sp³-hybridized carbons (Fsp3) is 0. The van der Waals surface area contributed by atoms with Crippen molar-refractivity contribution in [2.45, 2.75) is 29.4 Å². The Morgan fingerprint density at radius 3 is 0.532 bits per heavy atom. The van der Waals surface area contributed by atoms with Gasteiger partial charge < -0.3 is 28.4 Å². The summed E-state index contributed by atoms with van der Waals surface area (Å²) in [5.41, 5.74) is 0. The topological polar surface area (TPSA) is 158 Å². The minimum Gasteiger partial charge on any atom is -0.457 e. The van der Waals surface area contributed by atoms with Crippen molar-refractivity contribution >= 4 is 61.4 Å². The fourth-order valence-electron chi connectivity index (χ4n) is 7.56. The summed E-state index contributed by atoms with van der Waals surface area (Å²) in [5, 5.41) is 0. The van der Waals surface area contributed by atoms with Crippen LogP contribution in [0.5, 0.6) is 69.0 Å². The number of sulfone groups is 3. The molecule has 0 aliphatic heterocycles. The monoisotopic (exact) mass is 1210 g/mol.